The van der Waals surface area contributed by atoms with Gasteiger partial charge >= 0.3 is 0 Å². The lowest BCUT2D eigenvalue weighted by Gasteiger charge is -2.18. The lowest BCUT2D eigenvalue weighted by atomic mass is 10.0. The van der Waals surface area contributed by atoms with Crippen molar-refractivity contribution in [3.8, 4) is 0 Å². The fourth-order valence-corrected chi connectivity index (χ4v) is 3.05. The second kappa shape index (κ2) is 15.8. The Bertz CT molecular complexity index is 369. The molecule has 1 aliphatic rings. The minimum atomic E-state index is -0.420. The molecule has 0 amide bonds. The van der Waals surface area contributed by atoms with Crippen LogP contribution in [-0.4, -0.2) is 80.2 Å². The molecule has 1 rings (SSSR count). The van der Waals surface area contributed by atoms with Crippen molar-refractivity contribution in [1.82, 2.24) is 0 Å². The summed E-state index contributed by atoms with van der Waals surface area (Å²) in [5, 5.41) is 19.3. The van der Waals surface area contributed by atoms with E-state index in [1.165, 1.54) is 0 Å². The van der Waals surface area contributed by atoms with Crippen LogP contribution in [0.4, 0.5) is 0 Å². The van der Waals surface area contributed by atoms with Crippen LogP contribution in [0.1, 0.15) is 52.9 Å². The molecule has 0 saturated carbocycles. The summed E-state index contributed by atoms with van der Waals surface area (Å²) in [6, 6.07) is 0. The van der Waals surface area contributed by atoms with E-state index in [4.69, 9.17) is 30.5 Å². The van der Waals surface area contributed by atoms with Gasteiger partial charge < -0.3 is 29.2 Å². The molecule has 0 bridgehead atoms. The molecule has 0 aliphatic carbocycles. The molecule has 28 heavy (non-hydrogen) atoms. The SMILES string of the molecule is CC(CCC(O)CC1CO1)COCCOC(C)COCC(C)CCC(O)CCl. The summed E-state index contributed by atoms with van der Waals surface area (Å²) in [6.45, 7) is 10.1. The molecule has 1 saturated heterocycles. The quantitative estimate of drug-likeness (QED) is 0.188. The molecule has 2 N–H and O–H groups in total. The second-order valence-corrected chi connectivity index (χ2v) is 8.62. The molecule has 7 heteroatoms. The first-order chi connectivity index (χ1) is 13.4. The lowest BCUT2D eigenvalue weighted by molar-refractivity contribution is -0.0387. The zero-order valence-corrected chi connectivity index (χ0v) is 18.6. The average Bonchev–Trinajstić information content (AvgIpc) is 3.48. The smallest absolute Gasteiger partial charge is 0.0834 e. The highest BCUT2D eigenvalue weighted by molar-refractivity contribution is 6.18. The molecular weight excluding hydrogens is 384 g/mol. The topological polar surface area (TPSA) is 80.7 Å². The number of halogens is 1. The van der Waals surface area contributed by atoms with Gasteiger partial charge in [0, 0.05) is 25.5 Å². The van der Waals surface area contributed by atoms with Crippen LogP contribution in [0.3, 0.4) is 0 Å². The minimum absolute atomic E-state index is 0.0291. The number of rotatable bonds is 19. The highest BCUT2D eigenvalue weighted by Gasteiger charge is 2.25. The number of alkyl halides is 1. The summed E-state index contributed by atoms with van der Waals surface area (Å²) in [7, 11) is 0. The van der Waals surface area contributed by atoms with Gasteiger partial charge in [-0.05, 0) is 44.4 Å². The fraction of sp³-hybridized carbons (Fsp3) is 1.00. The summed E-state index contributed by atoms with van der Waals surface area (Å²) < 4.78 is 22.2. The molecule has 6 nitrogen and oxygen atoms in total. The summed E-state index contributed by atoms with van der Waals surface area (Å²) >= 11 is 5.59. The van der Waals surface area contributed by atoms with Crippen molar-refractivity contribution >= 4 is 11.6 Å². The van der Waals surface area contributed by atoms with Gasteiger partial charge in [-0.2, -0.15) is 0 Å². The molecule has 1 fully saturated rings. The Hall–Kier alpha value is 0.0500. The van der Waals surface area contributed by atoms with E-state index in [1.54, 1.807) is 0 Å². The van der Waals surface area contributed by atoms with Crippen LogP contribution in [0.2, 0.25) is 0 Å². The number of hydrogen-bond donors (Lipinski definition) is 2. The number of hydrogen-bond acceptors (Lipinski definition) is 6. The monoisotopic (exact) mass is 424 g/mol. The third kappa shape index (κ3) is 15.0. The molecule has 1 aliphatic heterocycles. The van der Waals surface area contributed by atoms with E-state index in [9.17, 15) is 10.2 Å². The normalized spacial score (nSPS) is 21.9. The van der Waals surface area contributed by atoms with Crippen LogP contribution >= 0.6 is 11.6 Å². The summed E-state index contributed by atoms with van der Waals surface area (Å²) in [4.78, 5) is 0. The minimum Gasteiger partial charge on any atom is -0.393 e. The molecule has 0 aromatic carbocycles. The van der Waals surface area contributed by atoms with Gasteiger partial charge in [-0.15, -0.1) is 11.6 Å². The third-order valence-corrected chi connectivity index (χ3v) is 5.24. The van der Waals surface area contributed by atoms with E-state index in [1.807, 2.05) is 6.92 Å². The summed E-state index contributed by atoms with van der Waals surface area (Å²) in [5.74, 6) is 1.11. The standard InChI is InChI=1S/C21H41ClO6/c1-16(4-6-19(23)10-21-15-28-21)12-25-8-9-27-18(3)14-26-13-17(2)5-7-20(24)11-22/h16-21,23-24H,4-15H2,1-3H3. The molecule has 6 unspecified atom stereocenters. The Balaban J connectivity index is 1.89. The highest BCUT2D eigenvalue weighted by atomic mass is 35.5. The highest BCUT2D eigenvalue weighted by Crippen LogP contribution is 2.19. The van der Waals surface area contributed by atoms with E-state index >= 15 is 0 Å². The van der Waals surface area contributed by atoms with Crippen LogP contribution < -0.4 is 0 Å². The summed E-state index contributed by atoms with van der Waals surface area (Å²) in [6.07, 6.45) is 3.78. The third-order valence-electron chi connectivity index (χ3n) is 4.89. The molecule has 0 aromatic rings. The van der Waals surface area contributed by atoms with Crippen molar-refractivity contribution in [2.75, 3.05) is 45.5 Å². The maximum absolute atomic E-state index is 9.88. The van der Waals surface area contributed by atoms with Gasteiger partial charge in [0.2, 0.25) is 0 Å². The Labute approximate surface area is 175 Å². The van der Waals surface area contributed by atoms with Crippen molar-refractivity contribution in [3.63, 3.8) is 0 Å². The van der Waals surface area contributed by atoms with Crippen molar-refractivity contribution in [3.05, 3.63) is 0 Å². The van der Waals surface area contributed by atoms with Gasteiger partial charge in [-0.1, -0.05) is 13.8 Å². The molecule has 1 heterocycles. The second-order valence-electron chi connectivity index (χ2n) is 8.31. The number of aliphatic hydroxyl groups excluding tert-OH is 2. The number of epoxide rings is 1. The first kappa shape index (κ1) is 26.1. The van der Waals surface area contributed by atoms with Crippen LogP contribution in [0.5, 0.6) is 0 Å². The molecule has 168 valence electrons. The largest absolute Gasteiger partial charge is 0.393 e. The van der Waals surface area contributed by atoms with Crippen molar-refractivity contribution in [2.24, 2.45) is 11.8 Å². The first-order valence-electron chi connectivity index (χ1n) is 10.7. The first-order valence-corrected chi connectivity index (χ1v) is 11.2. The predicted molar refractivity (Wildman–Crippen MR) is 111 cm³/mol. The Morgan fingerprint density at radius 3 is 2.11 bits per heavy atom. The Kier molecular flexibility index (Phi) is 14.8. The number of ether oxygens (including phenoxy) is 4. The van der Waals surface area contributed by atoms with E-state index < -0.39 is 6.10 Å². The van der Waals surface area contributed by atoms with Gasteiger partial charge in [0.15, 0.2) is 0 Å². The zero-order chi connectivity index (χ0) is 20.8. The molecule has 0 spiro atoms. The summed E-state index contributed by atoms with van der Waals surface area (Å²) in [5.41, 5.74) is 0. The van der Waals surface area contributed by atoms with Crippen molar-refractivity contribution < 1.29 is 29.2 Å². The van der Waals surface area contributed by atoms with E-state index in [0.29, 0.717) is 51.3 Å². The van der Waals surface area contributed by atoms with Crippen molar-refractivity contribution in [1.29, 1.82) is 0 Å². The molecule has 0 radical (unpaired) electrons. The Morgan fingerprint density at radius 1 is 0.893 bits per heavy atom. The van der Waals surface area contributed by atoms with Crippen LogP contribution in [0.15, 0.2) is 0 Å². The van der Waals surface area contributed by atoms with E-state index in [0.717, 1.165) is 32.3 Å². The van der Waals surface area contributed by atoms with Gasteiger partial charge in [-0.3, -0.25) is 0 Å². The van der Waals surface area contributed by atoms with Crippen LogP contribution in [0, 0.1) is 11.8 Å². The zero-order valence-electron chi connectivity index (χ0n) is 17.9. The van der Waals surface area contributed by atoms with Crippen molar-refractivity contribution in [2.45, 2.75) is 77.3 Å². The molecule has 0 aromatic heterocycles. The van der Waals surface area contributed by atoms with Crippen LogP contribution in [0.25, 0.3) is 0 Å². The lowest BCUT2D eigenvalue weighted by Crippen LogP contribution is -2.21. The predicted octanol–water partition coefficient (Wildman–Crippen LogP) is 3.01. The van der Waals surface area contributed by atoms with E-state index in [2.05, 4.69) is 13.8 Å². The van der Waals surface area contributed by atoms with Gasteiger partial charge in [0.25, 0.3) is 0 Å². The molecular formula is C21H41ClO6. The fourth-order valence-electron chi connectivity index (χ4n) is 2.90. The van der Waals surface area contributed by atoms with Gasteiger partial charge in [-0.25, -0.2) is 0 Å². The van der Waals surface area contributed by atoms with E-state index in [-0.39, 0.29) is 24.2 Å². The van der Waals surface area contributed by atoms with Gasteiger partial charge in [0.05, 0.1) is 50.8 Å². The van der Waals surface area contributed by atoms with Gasteiger partial charge in [0.1, 0.15) is 0 Å². The maximum Gasteiger partial charge on any atom is 0.0834 e. The average molecular weight is 425 g/mol. The Morgan fingerprint density at radius 2 is 1.50 bits per heavy atom. The maximum atomic E-state index is 9.88. The number of aliphatic hydroxyl groups is 2. The molecule has 6 atom stereocenters. The van der Waals surface area contributed by atoms with Crippen LogP contribution in [-0.2, 0) is 18.9 Å².